The third-order valence-electron chi connectivity index (χ3n) is 7.76. The fourth-order valence-electron chi connectivity index (χ4n) is 5.43. The first-order valence-corrected chi connectivity index (χ1v) is 24.0. The molecular formula is C40H44Cl2O4SiZr. The second kappa shape index (κ2) is 20.5. The van der Waals surface area contributed by atoms with Crippen molar-refractivity contribution in [2.45, 2.75) is 39.8 Å². The predicted molar refractivity (Wildman–Crippen MR) is 204 cm³/mol. The van der Waals surface area contributed by atoms with Gasteiger partial charge in [0.05, 0.1) is 28.4 Å². The van der Waals surface area contributed by atoms with Gasteiger partial charge >= 0.3 is 37.9 Å². The van der Waals surface area contributed by atoms with E-state index in [1.54, 1.807) is 28.4 Å². The zero-order chi connectivity index (χ0) is 35.1. The van der Waals surface area contributed by atoms with Crippen LogP contribution < -0.4 is 18.9 Å². The van der Waals surface area contributed by atoms with E-state index >= 15 is 0 Å². The molecule has 250 valence electrons. The van der Waals surface area contributed by atoms with Crippen molar-refractivity contribution in [2.24, 2.45) is 0 Å². The molecule has 0 heterocycles. The second-order valence-electron chi connectivity index (χ2n) is 10.8. The predicted octanol–water partition coefficient (Wildman–Crippen LogP) is 11.8. The summed E-state index contributed by atoms with van der Waals surface area (Å²) in [6.07, 6.45) is 2.10. The molecule has 6 aromatic rings. The van der Waals surface area contributed by atoms with Crippen LogP contribution in [0.2, 0.25) is 13.1 Å². The second-order valence-corrected chi connectivity index (χ2v) is 15.6. The van der Waals surface area contributed by atoms with Crippen molar-refractivity contribution in [3.05, 3.63) is 108 Å². The maximum absolute atomic E-state index is 5.38. The van der Waals surface area contributed by atoms with Gasteiger partial charge in [-0.2, -0.15) is 12.1 Å². The Morgan fingerprint density at radius 2 is 0.875 bits per heavy atom. The monoisotopic (exact) mass is 776 g/mol. The Morgan fingerprint density at radius 3 is 1.15 bits per heavy atom. The molecule has 0 atom stereocenters. The summed E-state index contributed by atoms with van der Waals surface area (Å²) in [6, 6.07) is 33.9. The van der Waals surface area contributed by atoms with Crippen LogP contribution in [0, 0.1) is 0 Å². The summed E-state index contributed by atoms with van der Waals surface area (Å²) in [6.45, 7) is 8.67. The van der Waals surface area contributed by atoms with Gasteiger partial charge < -0.3 is 18.9 Å². The molecule has 2 radical (unpaired) electrons. The van der Waals surface area contributed by atoms with E-state index < -0.39 is 20.8 Å². The molecule has 4 nitrogen and oxygen atoms in total. The van der Waals surface area contributed by atoms with Crippen molar-refractivity contribution in [2.75, 3.05) is 28.4 Å². The molecule has 48 heavy (non-hydrogen) atoms. The fraction of sp³-hybridized carbons (Fsp3) is 0.250. The molecule has 0 N–H and O–H groups in total. The van der Waals surface area contributed by atoms with Crippen LogP contribution in [0.5, 0.6) is 23.0 Å². The number of benzene rings is 4. The summed E-state index contributed by atoms with van der Waals surface area (Å²) >= 11 is -0.826. The Labute approximate surface area is 307 Å². The summed E-state index contributed by atoms with van der Waals surface area (Å²) in [5.74, 6) is 3.24. The molecule has 0 saturated carbocycles. The first kappa shape index (κ1) is 39.4. The standard InChI is InChI=1S/2C19H19O2.C2H6Si.2ClH.Zr/c2*1-4-13-8-14-6-5-7-18(19(14)9-13)15-10-16(20-2)12-17(11-15)21-3;1-3-2;;;/h2*5-12H,4H2,1-3H3;1-2H3;2*1H;/q2*-1;;;;+4/p-2. The Kier molecular flexibility index (Phi) is 16.8. The van der Waals surface area contributed by atoms with E-state index in [4.69, 9.17) is 36.0 Å². The van der Waals surface area contributed by atoms with Crippen molar-refractivity contribution in [3.63, 3.8) is 0 Å². The van der Waals surface area contributed by atoms with Crippen LogP contribution in [-0.2, 0) is 33.7 Å². The molecule has 0 bridgehead atoms. The Hall–Kier alpha value is -3.02. The van der Waals surface area contributed by atoms with Gasteiger partial charge in [-0.05, 0) is 48.2 Å². The van der Waals surface area contributed by atoms with Crippen LogP contribution in [0.15, 0.2) is 97.1 Å². The zero-order valence-corrected chi connectivity index (χ0v) is 34.0. The molecule has 6 aromatic carbocycles. The maximum atomic E-state index is 5.38. The van der Waals surface area contributed by atoms with Gasteiger partial charge in [0.15, 0.2) is 0 Å². The Balaban J connectivity index is 0.000000224. The van der Waals surface area contributed by atoms with E-state index in [-0.39, 0.29) is 0 Å². The topological polar surface area (TPSA) is 36.9 Å². The van der Waals surface area contributed by atoms with Crippen LogP contribution >= 0.6 is 17.0 Å². The van der Waals surface area contributed by atoms with Gasteiger partial charge in [0.25, 0.3) is 0 Å². The molecular weight excluding hydrogens is 735 g/mol. The molecule has 0 aliphatic heterocycles. The molecule has 0 aliphatic carbocycles. The molecule has 0 amide bonds. The normalized spacial score (nSPS) is 10.0. The summed E-state index contributed by atoms with van der Waals surface area (Å²) in [7, 11) is 17.7. The fourth-order valence-corrected chi connectivity index (χ4v) is 5.43. The molecule has 8 heteroatoms. The van der Waals surface area contributed by atoms with E-state index in [0.717, 1.165) is 56.5 Å². The Morgan fingerprint density at radius 1 is 0.562 bits per heavy atom. The molecule has 0 unspecified atom stereocenters. The van der Waals surface area contributed by atoms with Crippen LogP contribution in [-0.4, -0.2) is 38.0 Å². The third kappa shape index (κ3) is 10.5. The van der Waals surface area contributed by atoms with E-state index in [2.05, 4.69) is 112 Å². The number of hydrogen-bond donors (Lipinski definition) is 0. The van der Waals surface area contributed by atoms with Crippen molar-refractivity contribution >= 4 is 48.1 Å². The summed E-state index contributed by atoms with van der Waals surface area (Å²) in [5, 5.41) is 5.13. The molecule has 0 aromatic heterocycles. The summed E-state index contributed by atoms with van der Waals surface area (Å²) in [5.41, 5.74) is 7.39. The minimum absolute atomic E-state index is 0.809. The average molecular weight is 779 g/mol. The van der Waals surface area contributed by atoms with E-state index in [9.17, 15) is 0 Å². The van der Waals surface area contributed by atoms with Crippen LogP contribution in [0.25, 0.3) is 43.8 Å². The van der Waals surface area contributed by atoms with E-state index in [0.29, 0.717) is 0 Å². The van der Waals surface area contributed by atoms with Gasteiger partial charge in [-0.15, -0.1) is 69.1 Å². The first-order valence-electron chi connectivity index (χ1n) is 15.7. The number of fused-ring (bicyclic) bond motifs is 2. The number of halogens is 2. The third-order valence-corrected chi connectivity index (χ3v) is 7.76. The Bertz CT molecular complexity index is 1680. The van der Waals surface area contributed by atoms with Crippen LogP contribution in [0.3, 0.4) is 0 Å². The number of methoxy groups -OCH3 is 4. The van der Waals surface area contributed by atoms with Gasteiger partial charge in [-0.3, -0.25) is 0 Å². The van der Waals surface area contributed by atoms with Crippen molar-refractivity contribution in [1.29, 1.82) is 0 Å². The first-order chi connectivity index (χ1) is 23.3. The zero-order valence-electron chi connectivity index (χ0n) is 29.0. The van der Waals surface area contributed by atoms with Crippen molar-refractivity contribution in [1.82, 2.24) is 0 Å². The van der Waals surface area contributed by atoms with Gasteiger partial charge in [0.2, 0.25) is 0 Å². The van der Waals surface area contributed by atoms with E-state index in [1.165, 1.54) is 43.8 Å². The van der Waals surface area contributed by atoms with Crippen molar-refractivity contribution in [3.8, 4) is 45.3 Å². The van der Waals surface area contributed by atoms with Gasteiger partial charge in [0.1, 0.15) is 23.0 Å². The number of ether oxygens (including phenoxy) is 4. The quantitative estimate of drug-likeness (QED) is 0.114. The van der Waals surface area contributed by atoms with Crippen molar-refractivity contribution < 1.29 is 39.8 Å². The summed E-state index contributed by atoms with van der Waals surface area (Å²) < 4.78 is 21.5. The molecule has 0 aliphatic rings. The molecule has 0 fully saturated rings. The average Bonchev–Trinajstić information content (AvgIpc) is 3.76. The SMILES string of the molecule is CCc1cc2c(-c3cc(OC)cc(OC)c3)cccc2[cH-]1.CCc1cc2c(-c3cc(OC)cc(OC)c3)cccc2[cH-]1.C[Si]C.[Cl][Zr+2][Cl]. The van der Waals surface area contributed by atoms with Gasteiger partial charge in [-0.1, -0.05) is 50.2 Å². The molecule has 0 spiro atoms. The van der Waals surface area contributed by atoms with Crippen LogP contribution in [0.4, 0.5) is 0 Å². The summed E-state index contributed by atoms with van der Waals surface area (Å²) in [4.78, 5) is 0. The number of aryl methyl sites for hydroxylation is 2. The van der Waals surface area contributed by atoms with Gasteiger partial charge in [0, 0.05) is 21.7 Å². The number of hydrogen-bond acceptors (Lipinski definition) is 4. The molecule has 0 saturated heterocycles. The van der Waals surface area contributed by atoms with E-state index in [1.807, 2.05) is 12.1 Å². The van der Waals surface area contributed by atoms with Gasteiger partial charge in [-0.25, -0.2) is 0 Å². The minimum atomic E-state index is -0.826. The number of rotatable bonds is 8. The molecule has 6 rings (SSSR count). The van der Waals surface area contributed by atoms with Crippen LogP contribution in [0.1, 0.15) is 25.0 Å².